The zero-order chi connectivity index (χ0) is 23.2. The summed E-state index contributed by atoms with van der Waals surface area (Å²) in [4.78, 5) is 25.3. The smallest absolute Gasteiger partial charge is 0.286 e. The Morgan fingerprint density at radius 1 is 1.21 bits per heavy atom. The van der Waals surface area contributed by atoms with Crippen LogP contribution in [0.25, 0.3) is 6.08 Å². The van der Waals surface area contributed by atoms with Gasteiger partial charge in [-0.3, -0.25) is 9.59 Å². The molecule has 1 heterocycles. The van der Waals surface area contributed by atoms with Crippen LogP contribution in [0.1, 0.15) is 37.3 Å². The standard InChI is InChI=1S/C26H29ClN2O4/c1-2-32-20-10-7-17(8-11-20)13-14-28-25(30)19-9-12-23-22(15-19)29-26(31)24(33-23)16-18-5-3-4-6-21(18)27/h3-8,10-11,16,19,22-23H,2,9,12-15H2,1H3,(H,28,30)(H,29,31)/b24-16+. The predicted molar refractivity (Wildman–Crippen MR) is 128 cm³/mol. The van der Waals surface area contributed by atoms with E-state index in [1.807, 2.05) is 49.4 Å². The molecule has 174 valence electrons. The molecule has 2 aromatic rings. The highest BCUT2D eigenvalue weighted by Gasteiger charge is 2.40. The van der Waals surface area contributed by atoms with Crippen LogP contribution < -0.4 is 15.4 Å². The first kappa shape index (κ1) is 23.2. The SMILES string of the molecule is CCOc1ccc(CCNC(=O)C2CCC3O/C(=C/c4ccccc4Cl)C(=O)NC3C2)cc1. The zero-order valence-corrected chi connectivity index (χ0v) is 19.4. The molecule has 0 radical (unpaired) electrons. The summed E-state index contributed by atoms with van der Waals surface area (Å²) in [7, 11) is 0. The number of hydrogen-bond donors (Lipinski definition) is 2. The van der Waals surface area contributed by atoms with E-state index >= 15 is 0 Å². The van der Waals surface area contributed by atoms with Crippen molar-refractivity contribution in [2.24, 2.45) is 5.92 Å². The number of nitrogens with one attached hydrogen (secondary N) is 2. The van der Waals surface area contributed by atoms with Crippen molar-refractivity contribution in [1.29, 1.82) is 0 Å². The van der Waals surface area contributed by atoms with Crippen molar-refractivity contribution in [3.05, 3.63) is 70.4 Å². The molecular formula is C26H29ClN2O4. The third-order valence-corrected chi connectivity index (χ3v) is 6.46. The Bertz CT molecular complexity index is 1020. The van der Waals surface area contributed by atoms with Gasteiger partial charge in [-0.15, -0.1) is 0 Å². The van der Waals surface area contributed by atoms with Gasteiger partial charge in [0.2, 0.25) is 5.91 Å². The molecule has 2 fully saturated rings. The van der Waals surface area contributed by atoms with E-state index in [1.54, 1.807) is 12.1 Å². The number of benzene rings is 2. The topological polar surface area (TPSA) is 76.7 Å². The van der Waals surface area contributed by atoms with Crippen molar-refractivity contribution in [2.75, 3.05) is 13.2 Å². The Morgan fingerprint density at radius 2 is 2.00 bits per heavy atom. The fourth-order valence-electron chi connectivity index (χ4n) is 4.36. The first-order chi connectivity index (χ1) is 16.0. The largest absolute Gasteiger partial charge is 0.494 e. The molecule has 4 rings (SSSR count). The van der Waals surface area contributed by atoms with Crippen LogP contribution in [0.4, 0.5) is 0 Å². The number of carbonyl (C=O) groups is 2. The van der Waals surface area contributed by atoms with E-state index in [-0.39, 0.29) is 35.6 Å². The summed E-state index contributed by atoms with van der Waals surface area (Å²) in [5.41, 5.74) is 1.89. The molecule has 6 nitrogen and oxygen atoms in total. The molecule has 2 N–H and O–H groups in total. The Morgan fingerprint density at radius 3 is 2.76 bits per heavy atom. The van der Waals surface area contributed by atoms with Crippen LogP contribution in [0, 0.1) is 5.92 Å². The maximum atomic E-state index is 12.7. The van der Waals surface area contributed by atoms with Gasteiger partial charge in [-0.25, -0.2) is 0 Å². The van der Waals surface area contributed by atoms with Gasteiger partial charge in [0.15, 0.2) is 5.76 Å². The summed E-state index contributed by atoms with van der Waals surface area (Å²) >= 11 is 6.20. The maximum Gasteiger partial charge on any atom is 0.286 e. The first-order valence-corrected chi connectivity index (χ1v) is 11.8. The molecule has 1 aliphatic carbocycles. The third-order valence-electron chi connectivity index (χ3n) is 6.12. The molecule has 0 bridgehead atoms. The molecule has 0 aromatic heterocycles. The van der Waals surface area contributed by atoms with Gasteiger partial charge >= 0.3 is 0 Å². The number of hydrogen-bond acceptors (Lipinski definition) is 4. The summed E-state index contributed by atoms with van der Waals surface area (Å²) in [5, 5.41) is 6.63. The van der Waals surface area contributed by atoms with Gasteiger partial charge in [0, 0.05) is 17.5 Å². The average Bonchev–Trinajstić information content (AvgIpc) is 2.82. The molecule has 1 saturated carbocycles. The summed E-state index contributed by atoms with van der Waals surface area (Å²) in [6, 6.07) is 15.1. The molecule has 7 heteroatoms. The second kappa shape index (κ2) is 10.8. The van der Waals surface area contributed by atoms with E-state index in [0.717, 1.165) is 29.7 Å². The van der Waals surface area contributed by atoms with E-state index < -0.39 is 0 Å². The highest BCUT2D eigenvalue weighted by molar-refractivity contribution is 6.32. The van der Waals surface area contributed by atoms with Crippen molar-refractivity contribution in [1.82, 2.24) is 10.6 Å². The Balaban J connectivity index is 1.27. The van der Waals surface area contributed by atoms with E-state index in [1.165, 1.54) is 0 Å². The lowest BCUT2D eigenvalue weighted by Gasteiger charge is -2.39. The summed E-state index contributed by atoms with van der Waals surface area (Å²) in [6.45, 7) is 3.17. The van der Waals surface area contributed by atoms with Gasteiger partial charge in [0.1, 0.15) is 11.9 Å². The highest BCUT2D eigenvalue weighted by Crippen LogP contribution is 2.32. The Hall–Kier alpha value is -2.99. The van der Waals surface area contributed by atoms with E-state index in [4.69, 9.17) is 21.1 Å². The van der Waals surface area contributed by atoms with Crippen LogP contribution in [0.2, 0.25) is 5.02 Å². The van der Waals surface area contributed by atoms with Crippen molar-refractivity contribution in [3.63, 3.8) is 0 Å². The average molecular weight is 469 g/mol. The third kappa shape index (κ3) is 5.88. The Labute approximate surface area is 199 Å². The lowest BCUT2D eigenvalue weighted by atomic mass is 9.82. The fraction of sp³-hybridized carbons (Fsp3) is 0.385. The van der Waals surface area contributed by atoms with Crippen LogP contribution in [0.3, 0.4) is 0 Å². The monoisotopic (exact) mass is 468 g/mol. The summed E-state index contributed by atoms with van der Waals surface area (Å²) < 4.78 is 11.5. The van der Waals surface area contributed by atoms with Crippen LogP contribution in [-0.2, 0) is 20.7 Å². The second-order valence-corrected chi connectivity index (χ2v) is 8.80. The van der Waals surface area contributed by atoms with Gasteiger partial charge in [0.25, 0.3) is 5.91 Å². The maximum absolute atomic E-state index is 12.7. The predicted octanol–water partition coefficient (Wildman–Crippen LogP) is 4.12. The van der Waals surface area contributed by atoms with Crippen LogP contribution >= 0.6 is 11.6 Å². The lowest BCUT2D eigenvalue weighted by Crippen LogP contribution is -2.54. The van der Waals surface area contributed by atoms with E-state index in [9.17, 15) is 9.59 Å². The molecule has 3 unspecified atom stereocenters. The first-order valence-electron chi connectivity index (χ1n) is 11.5. The van der Waals surface area contributed by atoms with Gasteiger partial charge in [0.05, 0.1) is 12.6 Å². The van der Waals surface area contributed by atoms with Crippen LogP contribution in [-0.4, -0.2) is 37.1 Å². The minimum Gasteiger partial charge on any atom is -0.494 e. The molecule has 2 aromatic carbocycles. The van der Waals surface area contributed by atoms with Gasteiger partial charge in [-0.1, -0.05) is 41.9 Å². The van der Waals surface area contributed by atoms with E-state index in [0.29, 0.717) is 31.0 Å². The normalized spacial score (nSPS) is 23.3. The molecule has 1 aliphatic heterocycles. The van der Waals surface area contributed by atoms with E-state index in [2.05, 4.69) is 10.6 Å². The molecule has 33 heavy (non-hydrogen) atoms. The number of amides is 2. The molecule has 0 spiro atoms. The minimum absolute atomic E-state index is 0.0334. The summed E-state index contributed by atoms with van der Waals surface area (Å²) in [5.74, 6) is 0.745. The Kier molecular flexibility index (Phi) is 7.55. The lowest BCUT2D eigenvalue weighted by molar-refractivity contribution is -0.134. The number of halogens is 1. The number of ether oxygens (including phenoxy) is 2. The van der Waals surface area contributed by atoms with Crippen molar-refractivity contribution < 1.29 is 19.1 Å². The summed E-state index contributed by atoms with van der Waals surface area (Å²) in [6.07, 6.45) is 4.31. The molecule has 1 saturated heterocycles. The minimum atomic E-state index is -0.271. The molecule has 2 aliphatic rings. The van der Waals surface area contributed by atoms with Gasteiger partial charge in [-0.2, -0.15) is 0 Å². The van der Waals surface area contributed by atoms with Crippen molar-refractivity contribution in [3.8, 4) is 5.75 Å². The number of carbonyl (C=O) groups excluding carboxylic acids is 2. The van der Waals surface area contributed by atoms with Gasteiger partial charge < -0.3 is 20.1 Å². The van der Waals surface area contributed by atoms with Gasteiger partial charge in [-0.05, 0) is 68.0 Å². The number of morpholine rings is 1. The number of fused-ring (bicyclic) bond motifs is 1. The molecular weight excluding hydrogens is 440 g/mol. The fourth-order valence-corrected chi connectivity index (χ4v) is 4.55. The van der Waals surface area contributed by atoms with Crippen LogP contribution in [0.15, 0.2) is 54.3 Å². The quantitative estimate of drug-likeness (QED) is 0.599. The molecule has 2 amide bonds. The zero-order valence-electron chi connectivity index (χ0n) is 18.7. The van der Waals surface area contributed by atoms with Crippen molar-refractivity contribution >= 4 is 29.5 Å². The molecule has 3 atom stereocenters. The highest BCUT2D eigenvalue weighted by atomic mass is 35.5. The van der Waals surface area contributed by atoms with Crippen molar-refractivity contribution in [2.45, 2.75) is 44.8 Å². The van der Waals surface area contributed by atoms with Crippen LogP contribution in [0.5, 0.6) is 5.75 Å². The second-order valence-electron chi connectivity index (χ2n) is 8.39. The number of rotatable bonds is 7.